The number of H-pyrrole nitrogens is 2. The standard InChI is InChI=1S/C23H18N4O4/c1-12-9-17(28)20(29)21(31-12)19-18(13-5-3-6-14(10-13)30-2)26-23(27-19)16-11-25-22-15(16)7-4-8-24-22/h3-11,29H,1-2H3,(H,24,25)(H,26,27). The van der Waals surface area contributed by atoms with Gasteiger partial charge in [-0.15, -0.1) is 0 Å². The average Bonchev–Trinajstić information content (AvgIpc) is 3.40. The monoisotopic (exact) mass is 414 g/mol. The zero-order valence-corrected chi connectivity index (χ0v) is 16.8. The van der Waals surface area contributed by atoms with Crippen molar-refractivity contribution in [3.63, 3.8) is 0 Å². The van der Waals surface area contributed by atoms with E-state index in [4.69, 9.17) is 14.1 Å². The van der Waals surface area contributed by atoms with Crippen molar-refractivity contribution in [1.82, 2.24) is 19.9 Å². The third-order valence-corrected chi connectivity index (χ3v) is 5.03. The molecule has 0 unspecified atom stereocenters. The highest BCUT2D eigenvalue weighted by Gasteiger charge is 2.23. The molecule has 3 N–H and O–H groups in total. The zero-order valence-electron chi connectivity index (χ0n) is 16.8. The lowest BCUT2D eigenvalue weighted by atomic mass is 10.1. The second-order valence-electron chi connectivity index (χ2n) is 7.04. The minimum Gasteiger partial charge on any atom is -0.501 e. The number of pyridine rings is 1. The Balaban J connectivity index is 1.79. The number of fused-ring (bicyclic) bond motifs is 1. The number of imidazole rings is 1. The van der Waals surface area contributed by atoms with Crippen LogP contribution in [0.5, 0.6) is 11.5 Å². The molecule has 4 heterocycles. The lowest BCUT2D eigenvalue weighted by Crippen LogP contribution is -2.01. The first kappa shape index (κ1) is 18.7. The van der Waals surface area contributed by atoms with Crippen LogP contribution in [0.4, 0.5) is 0 Å². The van der Waals surface area contributed by atoms with E-state index in [-0.39, 0.29) is 5.76 Å². The van der Waals surface area contributed by atoms with E-state index in [2.05, 4.69) is 15.0 Å². The SMILES string of the molecule is COc1cccc(-c2nc(-c3c[nH]c4ncccc34)[nH]c2-c2oc(C)cc(=O)c2O)c1. The molecule has 154 valence electrons. The van der Waals surface area contributed by atoms with E-state index >= 15 is 0 Å². The molecule has 4 aromatic heterocycles. The lowest BCUT2D eigenvalue weighted by Gasteiger charge is -2.06. The second-order valence-corrected chi connectivity index (χ2v) is 7.04. The van der Waals surface area contributed by atoms with Crippen LogP contribution in [-0.2, 0) is 0 Å². The summed E-state index contributed by atoms with van der Waals surface area (Å²) in [6.45, 7) is 1.65. The molecule has 0 spiro atoms. The van der Waals surface area contributed by atoms with Crippen LogP contribution in [-0.4, -0.2) is 32.2 Å². The fourth-order valence-corrected chi connectivity index (χ4v) is 3.57. The van der Waals surface area contributed by atoms with Gasteiger partial charge < -0.3 is 24.2 Å². The fourth-order valence-electron chi connectivity index (χ4n) is 3.57. The summed E-state index contributed by atoms with van der Waals surface area (Å²) in [5.74, 6) is 1.11. The maximum atomic E-state index is 12.2. The summed E-state index contributed by atoms with van der Waals surface area (Å²) in [6.07, 6.45) is 3.51. The number of methoxy groups -OCH3 is 1. The zero-order chi connectivity index (χ0) is 21.5. The molecular weight excluding hydrogens is 396 g/mol. The summed E-state index contributed by atoms with van der Waals surface area (Å²) >= 11 is 0. The third kappa shape index (κ3) is 3.14. The highest BCUT2D eigenvalue weighted by Crippen LogP contribution is 2.38. The number of nitrogens with zero attached hydrogens (tertiary/aromatic N) is 2. The molecule has 0 atom stereocenters. The first-order valence-electron chi connectivity index (χ1n) is 9.56. The van der Waals surface area contributed by atoms with Gasteiger partial charge in [0.15, 0.2) is 5.76 Å². The molecule has 0 aliphatic rings. The first-order valence-corrected chi connectivity index (χ1v) is 9.56. The van der Waals surface area contributed by atoms with Gasteiger partial charge in [-0.25, -0.2) is 9.97 Å². The van der Waals surface area contributed by atoms with Crippen molar-refractivity contribution in [2.24, 2.45) is 0 Å². The van der Waals surface area contributed by atoms with E-state index in [1.165, 1.54) is 6.07 Å². The van der Waals surface area contributed by atoms with Crippen molar-refractivity contribution in [3.05, 3.63) is 70.8 Å². The smallest absolute Gasteiger partial charge is 0.227 e. The maximum absolute atomic E-state index is 12.2. The van der Waals surface area contributed by atoms with Crippen LogP contribution in [0.2, 0.25) is 0 Å². The normalized spacial score (nSPS) is 11.2. The van der Waals surface area contributed by atoms with Crippen molar-refractivity contribution in [2.75, 3.05) is 7.11 Å². The average molecular weight is 414 g/mol. The van der Waals surface area contributed by atoms with Crippen LogP contribution in [0.15, 0.2) is 64.1 Å². The molecular formula is C23H18N4O4. The van der Waals surface area contributed by atoms with Crippen LogP contribution >= 0.6 is 0 Å². The molecule has 0 saturated heterocycles. The van der Waals surface area contributed by atoms with Gasteiger partial charge in [0, 0.05) is 35.0 Å². The Morgan fingerprint density at radius 2 is 2.03 bits per heavy atom. The van der Waals surface area contributed by atoms with Crippen molar-refractivity contribution in [3.8, 4) is 45.6 Å². The molecule has 0 fully saturated rings. The highest BCUT2D eigenvalue weighted by atomic mass is 16.5. The molecule has 0 aliphatic heterocycles. The molecule has 5 rings (SSSR count). The van der Waals surface area contributed by atoms with E-state index in [0.29, 0.717) is 28.7 Å². The minimum absolute atomic E-state index is 0.0273. The number of aromatic amines is 2. The Bertz CT molecular complexity index is 1480. The summed E-state index contributed by atoms with van der Waals surface area (Å²) in [6, 6.07) is 12.4. The Kier molecular flexibility index (Phi) is 4.32. The summed E-state index contributed by atoms with van der Waals surface area (Å²) in [7, 11) is 1.58. The van der Waals surface area contributed by atoms with Crippen LogP contribution in [0.3, 0.4) is 0 Å². The molecule has 31 heavy (non-hydrogen) atoms. The largest absolute Gasteiger partial charge is 0.501 e. The number of benzene rings is 1. The molecule has 8 nitrogen and oxygen atoms in total. The molecule has 0 saturated carbocycles. The van der Waals surface area contributed by atoms with Crippen molar-refractivity contribution in [1.29, 1.82) is 0 Å². The van der Waals surface area contributed by atoms with Gasteiger partial charge in [-0.1, -0.05) is 12.1 Å². The molecule has 1 aromatic carbocycles. The number of nitrogens with one attached hydrogen (secondary N) is 2. The number of ether oxygens (including phenoxy) is 1. The van der Waals surface area contributed by atoms with Crippen molar-refractivity contribution < 1.29 is 14.3 Å². The highest BCUT2D eigenvalue weighted by molar-refractivity contribution is 5.93. The van der Waals surface area contributed by atoms with E-state index in [1.54, 1.807) is 20.2 Å². The Morgan fingerprint density at radius 3 is 2.87 bits per heavy atom. The van der Waals surface area contributed by atoms with Gasteiger partial charge in [-0.2, -0.15) is 0 Å². The first-order chi connectivity index (χ1) is 15.0. The Morgan fingerprint density at radius 1 is 1.16 bits per heavy atom. The third-order valence-electron chi connectivity index (χ3n) is 5.03. The minimum atomic E-state index is -0.525. The van der Waals surface area contributed by atoms with Gasteiger partial charge in [0.05, 0.1) is 7.11 Å². The van der Waals surface area contributed by atoms with E-state index in [0.717, 1.165) is 22.2 Å². The van der Waals surface area contributed by atoms with Crippen molar-refractivity contribution in [2.45, 2.75) is 6.92 Å². The van der Waals surface area contributed by atoms with Gasteiger partial charge in [0.1, 0.15) is 34.4 Å². The number of aryl methyl sites for hydroxylation is 1. The van der Waals surface area contributed by atoms with E-state index in [1.807, 2.05) is 42.6 Å². The van der Waals surface area contributed by atoms with E-state index < -0.39 is 11.2 Å². The summed E-state index contributed by atoms with van der Waals surface area (Å²) in [5, 5.41) is 11.3. The molecule has 5 aromatic rings. The van der Waals surface area contributed by atoms with Crippen LogP contribution < -0.4 is 10.2 Å². The molecule has 0 aliphatic carbocycles. The summed E-state index contributed by atoms with van der Waals surface area (Å²) in [4.78, 5) is 27.7. The number of hydrogen-bond donors (Lipinski definition) is 3. The predicted octanol–water partition coefficient (Wildman–Crippen LogP) is 4.26. The van der Waals surface area contributed by atoms with Gasteiger partial charge >= 0.3 is 0 Å². The van der Waals surface area contributed by atoms with Crippen molar-refractivity contribution >= 4 is 11.0 Å². The van der Waals surface area contributed by atoms with Gasteiger partial charge in [0.2, 0.25) is 11.2 Å². The van der Waals surface area contributed by atoms with E-state index in [9.17, 15) is 9.90 Å². The molecule has 0 bridgehead atoms. The lowest BCUT2D eigenvalue weighted by molar-refractivity contribution is 0.415. The fraction of sp³-hybridized carbons (Fsp3) is 0.0870. The second kappa shape index (κ2) is 7.17. The number of rotatable bonds is 4. The number of aromatic nitrogens is 4. The summed E-state index contributed by atoms with van der Waals surface area (Å²) < 4.78 is 11.1. The maximum Gasteiger partial charge on any atom is 0.227 e. The Hall–Kier alpha value is -4.33. The van der Waals surface area contributed by atoms with Gasteiger partial charge in [0.25, 0.3) is 0 Å². The predicted molar refractivity (Wildman–Crippen MR) is 116 cm³/mol. The Labute approximate surface area is 176 Å². The molecule has 0 amide bonds. The van der Waals surface area contributed by atoms with Crippen LogP contribution in [0.25, 0.3) is 45.1 Å². The molecule has 0 radical (unpaired) electrons. The summed E-state index contributed by atoms with van der Waals surface area (Å²) in [5.41, 5.74) is 2.63. The number of hydrogen-bond acceptors (Lipinski definition) is 6. The van der Waals surface area contributed by atoms with Gasteiger partial charge in [-0.05, 0) is 31.2 Å². The van der Waals surface area contributed by atoms with Crippen LogP contribution in [0, 0.1) is 6.92 Å². The topological polar surface area (TPSA) is 117 Å². The number of aromatic hydroxyl groups is 1. The van der Waals surface area contributed by atoms with Crippen LogP contribution in [0.1, 0.15) is 5.76 Å². The quantitative estimate of drug-likeness (QED) is 0.404. The molecule has 8 heteroatoms. The van der Waals surface area contributed by atoms with Gasteiger partial charge in [-0.3, -0.25) is 4.79 Å².